The third-order valence-corrected chi connectivity index (χ3v) is 3.10. The van der Waals surface area contributed by atoms with Gasteiger partial charge in [0.05, 0.1) is 22.7 Å². The summed E-state index contributed by atoms with van der Waals surface area (Å²) in [7, 11) is -4.58. The predicted octanol–water partition coefficient (Wildman–Crippen LogP) is 2.42. The molecule has 0 unspecified atom stereocenters. The Morgan fingerprint density at radius 2 is 1.89 bits per heavy atom. The Kier molecular flexibility index (Phi) is 4.37. The highest BCUT2D eigenvalue weighted by Gasteiger charge is 2.39. The molecule has 1 rings (SSSR count). The van der Waals surface area contributed by atoms with Gasteiger partial charge < -0.3 is 0 Å². The molecule has 2 N–H and O–H groups in total. The summed E-state index contributed by atoms with van der Waals surface area (Å²) in [4.78, 5) is 3.13. The summed E-state index contributed by atoms with van der Waals surface area (Å²) in [6.45, 7) is 0. The lowest BCUT2D eigenvalue weighted by Crippen LogP contribution is -2.20. The molecule has 0 atom stereocenters. The van der Waals surface area contributed by atoms with Gasteiger partial charge in [-0.15, -0.1) is 11.6 Å². The molecule has 108 valence electrons. The van der Waals surface area contributed by atoms with Gasteiger partial charge in [0.25, 0.3) is 16.4 Å². The van der Waals surface area contributed by atoms with E-state index in [1.54, 1.807) is 0 Å². The zero-order valence-corrected chi connectivity index (χ0v) is 10.5. The van der Waals surface area contributed by atoms with E-state index >= 15 is 0 Å². The quantitative estimate of drug-likeness (QED) is 0.685. The Labute approximate surface area is 109 Å². The molecule has 0 fully saturated rings. The molecule has 0 amide bonds. The molecular weight excluding hydrogens is 319 g/mol. The van der Waals surface area contributed by atoms with Crippen molar-refractivity contribution >= 4 is 21.6 Å². The lowest BCUT2D eigenvalue weighted by Gasteiger charge is -2.16. The number of nitrogens with two attached hydrogens (primary N) is 1. The monoisotopic (exact) mass is 324 g/mol. The summed E-state index contributed by atoms with van der Waals surface area (Å²) in [5.41, 5.74) is -4.15. The molecule has 0 aliphatic carbocycles. The SMILES string of the molecule is NS(=O)(=O)c1cc(C(F)(F)F)c(C(F)F)c(CCl)n1. The van der Waals surface area contributed by atoms with Crippen molar-refractivity contribution in [3.05, 3.63) is 22.9 Å². The van der Waals surface area contributed by atoms with Crippen LogP contribution in [0.5, 0.6) is 0 Å². The minimum absolute atomic E-state index is 0.0348. The zero-order valence-electron chi connectivity index (χ0n) is 8.88. The molecule has 1 heterocycles. The summed E-state index contributed by atoms with van der Waals surface area (Å²) in [6, 6.07) is -0.0348. The summed E-state index contributed by atoms with van der Waals surface area (Å²) in [5, 5.41) is 3.46. The number of rotatable bonds is 3. The Hall–Kier alpha value is -1.00. The van der Waals surface area contributed by atoms with E-state index in [0.717, 1.165) is 0 Å². The second-order valence-electron chi connectivity index (χ2n) is 3.35. The number of sulfonamides is 1. The molecule has 0 saturated carbocycles. The van der Waals surface area contributed by atoms with Crippen LogP contribution in [0.3, 0.4) is 0 Å². The molecule has 0 radical (unpaired) electrons. The van der Waals surface area contributed by atoms with Gasteiger partial charge in [0.2, 0.25) is 0 Å². The molecule has 0 spiro atoms. The number of hydrogen-bond donors (Lipinski definition) is 1. The van der Waals surface area contributed by atoms with Crippen LogP contribution in [0, 0.1) is 0 Å². The Morgan fingerprint density at radius 1 is 1.37 bits per heavy atom. The van der Waals surface area contributed by atoms with Crippen LogP contribution in [0.2, 0.25) is 0 Å². The summed E-state index contributed by atoms with van der Waals surface area (Å²) in [5.74, 6) is -0.813. The van der Waals surface area contributed by atoms with E-state index < -0.39 is 50.4 Å². The van der Waals surface area contributed by atoms with Crippen LogP contribution in [0.1, 0.15) is 23.2 Å². The summed E-state index contributed by atoms with van der Waals surface area (Å²) >= 11 is 5.22. The highest BCUT2D eigenvalue weighted by atomic mass is 35.5. The molecular formula is C8H6ClF5N2O2S. The average molecular weight is 325 g/mol. The lowest BCUT2D eigenvalue weighted by molar-refractivity contribution is -0.139. The van der Waals surface area contributed by atoms with Gasteiger partial charge in [-0.05, 0) is 6.07 Å². The van der Waals surface area contributed by atoms with Gasteiger partial charge in [0.15, 0.2) is 5.03 Å². The smallest absolute Gasteiger partial charge is 0.238 e. The first kappa shape index (κ1) is 16.1. The molecule has 19 heavy (non-hydrogen) atoms. The molecule has 0 aromatic carbocycles. The van der Waals surface area contributed by atoms with Crippen molar-refractivity contribution < 1.29 is 30.4 Å². The van der Waals surface area contributed by atoms with Crippen molar-refractivity contribution in [3.63, 3.8) is 0 Å². The maximum Gasteiger partial charge on any atom is 0.417 e. The third-order valence-electron chi connectivity index (χ3n) is 2.06. The maximum atomic E-state index is 12.7. The number of halogens is 6. The van der Waals surface area contributed by atoms with E-state index in [-0.39, 0.29) is 6.07 Å². The van der Waals surface area contributed by atoms with E-state index in [2.05, 4.69) is 10.1 Å². The fourth-order valence-corrected chi connectivity index (χ4v) is 2.03. The minimum atomic E-state index is -5.19. The molecule has 0 aliphatic rings. The van der Waals surface area contributed by atoms with E-state index in [9.17, 15) is 30.4 Å². The highest BCUT2D eigenvalue weighted by Crippen LogP contribution is 2.38. The van der Waals surface area contributed by atoms with Gasteiger partial charge in [-0.3, -0.25) is 0 Å². The van der Waals surface area contributed by atoms with Crippen molar-refractivity contribution in [1.29, 1.82) is 0 Å². The van der Waals surface area contributed by atoms with Crippen LogP contribution in [-0.4, -0.2) is 13.4 Å². The Bertz CT molecular complexity index is 588. The van der Waals surface area contributed by atoms with Crippen LogP contribution >= 0.6 is 11.6 Å². The molecule has 11 heteroatoms. The first-order valence-electron chi connectivity index (χ1n) is 4.46. The first-order valence-corrected chi connectivity index (χ1v) is 6.54. The number of alkyl halides is 6. The van der Waals surface area contributed by atoms with Gasteiger partial charge in [-0.2, -0.15) is 13.2 Å². The van der Waals surface area contributed by atoms with Crippen LogP contribution < -0.4 is 5.14 Å². The average Bonchev–Trinajstić information content (AvgIpc) is 2.24. The summed E-state index contributed by atoms with van der Waals surface area (Å²) in [6.07, 6.45) is -8.69. The van der Waals surface area contributed by atoms with Gasteiger partial charge >= 0.3 is 6.18 Å². The molecule has 1 aromatic rings. The summed E-state index contributed by atoms with van der Waals surface area (Å²) < 4.78 is 85.2. The second-order valence-corrected chi connectivity index (χ2v) is 5.12. The van der Waals surface area contributed by atoms with E-state index in [4.69, 9.17) is 11.6 Å². The number of aromatic nitrogens is 1. The van der Waals surface area contributed by atoms with E-state index in [0.29, 0.717) is 0 Å². The molecule has 1 aromatic heterocycles. The number of nitrogens with zero attached hydrogens (tertiary/aromatic N) is 1. The van der Waals surface area contributed by atoms with E-state index in [1.807, 2.05) is 0 Å². The van der Waals surface area contributed by atoms with Gasteiger partial charge in [0, 0.05) is 0 Å². The minimum Gasteiger partial charge on any atom is -0.238 e. The molecule has 0 saturated heterocycles. The number of primary sulfonamides is 1. The number of pyridine rings is 1. The first-order chi connectivity index (χ1) is 8.48. The van der Waals surface area contributed by atoms with Crippen LogP contribution in [0.15, 0.2) is 11.1 Å². The fourth-order valence-electron chi connectivity index (χ4n) is 1.31. The van der Waals surface area contributed by atoms with Crippen LogP contribution in [0.4, 0.5) is 22.0 Å². The Morgan fingerprint density at radius 3 is 2.21 bits per heavy atom. The van der Waals surface area contributed by atoms with Crippen molar-refractivity contribution in [3.8, 4) is 0 Å². The molecule has 0 aliphatic heterocycles. The predicted molar refractivity (Wildman–Crippen MR) is 55.1 cm³/mol. The number of hydrogen-bond acceptors (Lipinski definition) is 3. The van der Waals surface area contributed by atoms with Crippen LogP contribution in [0.25, 0.3) is 0 Å². The van der Waals surface area contributed by atoms with E-state index in [1.165, 1.54) is 0 Å². The van der Waals surface area contributed by atoms with Gasteiger partial charge in [-0.1, -0.05) is 0 Å². The topological polar surface area (TPSA) is 73.1 Å². The maximum absolute atomic E-state index is 12.7. The third kappa shape index (κ3) is 3.51. The fraction of sp³-hybridized carbons (Fsp3) is 0.375. The standard InChI is InChI=1S/C8H6ClF5N2O2S/c9-2-4-6(7(10)11)3(8(12,13)14)1-5(16-4)19(15,17)18/h1,7H,2H2,(H2,15,17,18). The Balaban J connectivity index is 3.75. The normalized spacial score (nSPS) is 13.1. The van der Waals surface area contributed by atoms with Crippen LogP contribution in [-0.2, 0) is 22.1 Å². The van der Waals surface area contributed by atoms with Crippen molar-refractivity contribution in [2.75, 3.05) is 0 Å². The molecule has 4 nitrogen and oxygen atoms in total. The van der Waals surface area contributed by atoms with Gasteiger partial charge in [-0.25, -0.2) is 27.3 Å². The second kappa shape index (κ2) is 5.17. The lowest BCUT2D eigenvalue weighted by atomic mass is 10.1. The van der Waals surface area contributed by atoms with Crippen molar-refractivity contribution in [2.45, 2.75) is 23.5 Å². The van der Waals surface area contributed by atoms with Crippen molar-refractivity contribution in [1.82, 2.24) is 4.98 Å². The highest BCUT2D eigenvalue weighted by molar-refractivity contribution is 7.89. The zero-order chi connectivity index (χ0) is 15.0. The largest absolute Gasteiger partial charge is 0.417 e. The van der Waals surface area contributed by atoms with Crippen molar-refractivity contribution in [2.24, 2.45) is 5.14 Å². The molecule has 0 bridgehead atoms. The van der Waals surface area contributed by atoms with Gasteiger partial charge in [0.1, 0.15) is 0 Å².